The summed E-state index contributed by atoms with van der Waals surface area (Å²) in [5, 5.41) is 10.2. The Hall–Kier alpha value is -1.22. The molecular formula is C16H15Cl2FeN3OS. The second-order valence-electron chi connectivity index (χ2n) is 4.71. The van der Waals surface area contributed by atoms with E-state index in [0.29, 0.717) is 11.5 Å². The average Bonchev–Trinajstić information content (AvgIpc) is 2.95. The van der Waals surface area contributed by atoms with E-state index in [4.69, 9.17) is 29.9 Å². The molecule has 0 saturated carbocycles. The number of aryl methyl sites for hydroxylation is 3. The fourth-order valence-electron chi connectivity index (χ4n) is 2.11. The van der Waals surface area contributed by atoms with Crippen LogP contribution >= 0.6 is 32.1 Å². The van der Waals surface area contributed by atoms with E-state index in [1.165, 1.54) is 11.8 Å². The van der Waals surface area contributed by atoms with Gasteiger partial charge < -0.3 is 4.42 Å². The summed E-state index contributed by atoms with van der Waals surface area (Å²) in [6.07, 6.45) is 3.20. The number of aliphatic imine (C=N–C) groups is 1. The Kier molecular flexibility index (Phi) is 9.85. The van der Waals surface area contributed by atoms with Crippen molar-refractivity contribution in [1.82, 2.24) is 0 Å². The first-order valence-corrected chi connectivity index (χ1v) is 10.5. The molecule has 0 aliphatic rings. The van der Waals surface area contributed by atoms with Gasteiger partial charge in [-0.25, -0.2) is 4.40 Å². The third kappa shape index (κ3) is 7.12. The Bertz CT molecular complexity index is 746. The van der Waals surface area contributed by atoms with Crippen LogP contribution in [0.4, 0.5) is 5.69 Å². The zero-order chi connectivity index (χ0) is 17.9. The van der Waals surface area contributed by atoms with Gasteiger partial charge in [-0.3, -0.25) is 4.99 Å². The summed E-state index contributed by atoms with van der Waals surface area (Å²) in [5.41, 5.74) is 4.48. The Morgan fingerprint density at radius 3 is 2.21 bits per heavy atom. The molecule has 0 amide bonds. The first-order chi connectivity index (χ1) is 11.5. The third-order valence-corrected chi connectivity index (χ3v) is 3.17. The second kappa shape index (κ2) is 11.4. The molecule has 2 rings (SSSR count). The normalized spacial score (nSPS) is 10.8. The van der Waals surface area contributed by atoms with E-state index < -0.39 is 0 Å². The number of furan rings is 1. The minimum atomic E-state index is 0.194. The van der Waals surface area contributed by atoms with Gasteiger partial charge in [-0.05, 0) is 44.0 Å². The molecule has 4 nitrogen and oxygen atoms in total. The van der Waals surface area contributed by atoms with Crippen LogP contribution in [0.25, 0.3) is 0 Å². The zero-order valence-electron chi connectivity index (χ0n) is 13.2. The van der Waals surface area contributed by atoms with E-state index in [9.17, 15) is 0 Å². The molecule has 0 aliphatic heterocycles. The van der Waals surface area contributed by atoms with Crippen molar-refractivity contribution in [3.8, 4) is 5.40 Å². The van der Waals surface area contributed by atoms with Crippen molar-refractivity contribution in [2.24, 2.45) is 9.39 Å². The van der Waals surface area contributed by atoms with E-state index >= 15 is 0 Å². The Morgan fingerprint density at radius 1 is 1.12 bits per heavy atom. The number of nitrogens with zero attached hydrogens (tertiary/aromatic N) is 3. The van der Waals surface area contributed by atoms with Gasteiger partial charge in [0.25, 0.3) is 0 Å². The monoisotopic (exact) mass is 423 g/mol. The molecule has 0 spiro atoms. The van der Waals surface area contributed by atoms with Gasteiger partial charge in [0, 0.05) is 0 Å². The van der Waals surface area contributed by atoms with Crippen molar-refractivity contribution in [2.45, 2.75) is 20.8 Å². The number of thiocyanates is 1. The van der Waals surface area contributed by atoms with Crippen molar-refractivity contribution >= 4 is 50.3 Å². The topological polar surface area (TPSA) is 61.6 Å². The van der Waals surface area contributed by atoms with Crippen LogP contribution in [0.3, 0.4) is 0 Å². The molecule has 0 bridgehead atoms. The van der Waals surface area contributed by atoms with Crippen LogP contribution in [0.5, 0.6) is 0 Å². The zero-order valence-corrected chi connectivity index (χ0v) is 16.7. The predicted octanol–water partition coefficient (Wildman–Crippen LogP) is 5.88. The van der Waals surface area contributed by atoms with Gasteiger partial charge in [0.2, 0.25) is 0 Å². The van der Waals surface area contributed by atoms with E-state index in [-0.39, 0.29) is 13.1 Å². The maximum absolute atomic E-state index is 8.38. The summed E-state index contributed by atoms with van der Waals surface area (Å²) in [6.45, 7) is 6.17. The number of halogens is 2. The molecule has 0 radical (unpaired) electrons. The molecule has 0 aliphatic carbocycles. The van der Waals surface area contributed by atoms with Crippen molar-refractivity contribution in [2.75, 3.05) is 0 Å². The molecule has 1 aromatic carbocycles. The molecule has 2 aromatic rings. The first kappa shape index (κ1) is 20.8. The molecular weight excluding hydrogens is 409 g/mol. The van der Waals surface area contributed by atoms with Crippen molar-refractivity contribution in [1.29, 1.82) is 5.26 Å². The fourth-order valence-corrected chi connectivity index (χ4v) is 2.32. The number of rotatable bonds is 4. The summed E-state index contributed by atoms with van der Waals surface area (Å²) in [6, 6.07) is 7.83. The van der Waals surface area contributed by atoms with E-state index in [1.807, 2.05) is 25.3 Å². The maximum atomic E-state index is 8.38. The van der Waals surface area contributed by atoms with Gasteiger partial charge >= 0.3 is 33.3 Å². The number of nitriles is 1. The molecule has 8 heteroatoms. The summed E-state index contributed by atoms with van der Waals surface area (Å²) in [7, 11) is 9.53. The molecule has 128 valence electrons. The van der Waals surface area contributed by atoms with E-state index in [2.05, 4.69) is 28.4 Å². The van der Waals surface area contributed by atoms with Gasteiger partial charge in [0.1, 0.15) is 11.5 Å². The molecule has 24 heavy (non-hydrogen) atoms. The molecule has 1 heterocycles. The third-order valence-electron chi connectivity index (χ3n) is 2.88. The first-order valence-electron chi connectivity index (χ1n) is 6.67. The average molecular weight is 424 g/mol. The summed E-state index contributed by atoms with van der Waals surface area (Å²) in [4.78, 5) is 4.51. The molecule has 0 N–H and O–H groups in total. The summed E-state index contributed by atoms with van der Waals surface area (Å²) < 4.78 is 9.36. The van der Waals surface area contributed by atoms with Crippen LogP contribution in [-0.4, -0.2) is 12.4 Å². The van der Waals surface area contributed by atoms with Gasteiger partial charge in [-0.15, -0.1) is 0 Å². The second-order valence-corrected chi connectivity index (χ2v) is 7.11. The van der Waals surface area contributed by atoms with Crippen LogP contribution in [0.15, 0.2) is 38.1 Å². The van der Waals surface area contributed by atoms with Gasteiger partial charge in [-0.1, -0.05) is 17.7 Å². The van der Waals surface area contributed by atoms with Crippen molar-refractivity contribution in [3.63, 3.8) is 0 Å². The van der Waals surface area contributed by atoms with Crippen LogP contribution in [0.1, 0.15) is 28.2 Å². The fraction of sp³-hybridized carbons (Fsp3) is 0.188. The molecule has 1 aromatic heterocycles. The predicted molar refractivity (Wildman–Crippen MR) is 99.1 cm³/mol. The minimum absolute atomic E-state index is 0.194. The van der Waals surface area contributed by atoms with E-state index in [1.54, 1.807) is 12.3 Å². The van der Waals surface area contributed by atoms with Crippen LogP contribution in [0.2, 0.25) is 0 Å². The molecule has 0 atom stereocenters. The number of benzene rings is 1. The standard InChI is InChI=1S/C16H15N3OS.2ClH.Fe/c1-11-6-12(2)16(13(3)7-11)18-8-14-4-5-15(20-14)9-19-21-10-17;;;/h4-9H,1-3H3;2*1H;/q;;;+2/p-2/b18-8?,19-9+;;;. The van der Waals surface area contributed by atoms with Crippen molar-refractivity contribution in [3.05, 3.63) is 52.5 Å². The van der Waals surface area contributed by atoms with Gasteiger partial charge in [0.05, 0.1) is 30.1 Å². The molecule has 0 unspecified atom stereocenters. The summed E-state index contributed by atoms with van der Waals surface area (Å²) in [5.74, 6) is 1.24. The Labute approximate surface area is 160 Å². The van der Waals surface area contributed by atoms with Gasteiger partial charge in [-0.2, -0.15) is 5.26 Å². The van der Waals surface area contributed by atoms with E-state index in [0.717, 1.165) is 28.8 Å². The SMILES string of the molecule is Cc1cc(C)c(N=Cc2ccc(/C=N/SC#N)o2)c(C)c1.[Cl][Fe][Cl]. The Morgan fingerprint density at radius 2 is 1.67 bits per heavy atom. The number of hydrogen-bond acceptors (Lipinski definition) is 5. The molecule has 0 fully saturated rings. The number of hydrogen-bond donors (Lipinski definition) is 0. The van der Waals surface area contributed by atoms with Crippen LogP contribution in [-0.2, 0) is 13.1 Å². The Balaban J connectivity index is 0.000000891. The van der Waals surface area contributed by atoms with Gasteiger partial charge in [0.15, 0.2) is 5.40 Å². The van der Waals surface area contributed by atoms with Crippen LogP contribution < -0.4 is 0 Å². The van der Waals surface area contributed by atoms with Crippen molar-refractivity contribution < 1.29 is 17.6 Å². The summed E-state index contributed by atoms with van der Waals surface area (Å²) >= 11 is 1.00. The molecule has 0 saturated heterocycles. The quantitative estimate of drug-likeness (QED) is 0.267. The van der Waals surface area contributed by atoms with Crippen LogP contribution in [0, 0.1) is 31.4 Å².